The van der Waals surface area contributed by atoms with Gasteiger partial charge in [0.15, 0.2) is 11.5 Å². The number of Topliss-reactive ketones (excluding diaryl/α,β-unsaturated/α-hetero) is 1. The Kier molecular flexibility index (Phi) is 8.14. The number of amides is 1. The lowest BCUT2D eigenvalue weighted by Crippen LogP contribution is -2.45. The van der Waals surface area contributed by atoms with Crippen molar-refractivity contribution < 1.29 is 50.2 Å². The number of benzene rings is 1. The Morgan fingerprint density at radius 1 is 1.02 bits per heavy atom. The van der Waals surface area contributed by atoms with Crippen LogP contribution in [0.2, 0.25) is 0 Å². The highest BCUT2D eigenvalue weighted by atomic mass is 19.4. The number of ether oxygens (including phenoxy) is 1. The van der Waals surface area contributed by atoms with Crippen LogP contribution in [0.1, 0.15) is 66.0 Å². The van der Waals surface area contributed by atoms with Crippen LogP contribution in [0.5, 0.6) is 0 Å². The van der Waals surface area contributed by atoms with E-state index in [9.17, 15) is 35.9 Å². The van der Waals surface area contributed by atoms with Gasteiger partial charge in [0.05, 0.1) is 17.9 Å². The molecule has 1 amide bonds. The van der Waals surface area contributed by atoms with Gasteiger partial charge in [-0.25, -0.2) is 9.78 Å². The number of carbonyl (C=O) groups excluding carboxylic acids is 1. The van der Waals surface area contributed by atoms with Gasteiger partial charge in [0.1, 0.15) is 5.69 Å². The average molecular weight is 572 g/mol. The van der Waals surface area contributed by atoms with E-state index in [1.807, 2.05) is 0 Å². The minimum atomic E-state index is -5.10. The maximum atomic E-state index is 14.7. The number of nitrogens with one attached hydrogen (secondary N) is 1. The average Bonchev–Trinajstić information content (AvgIpc) is 3.36. The first-order valence-electron chi connectivity index (χ1n) is 12.1. The van der Waals surface area contributed by atoms with Crippen molar-refractivity contribution in [2.75, 3.05) is 5.32 Å². The second-order valence-electron chi connectivity index (χ2n) is 9.06. The van der Waals surface area contributed by atoms with Gasteiger partial charge in [0.2, 0.25) is 5.60 Å². The fourth-order valence-corrected chi connectivity index (χ4v) is 4.30. The summed E-state index contributed by atoms with van der Waals surface area (Å²) in [5.41, 5.74) is -6.80. The Morgan fingerprint density at radius 3 is 2.38 bits per heavy atom. The second kappa shape index (κ2) is 11.2. The third kappa shape index (κ3) is 6.08. The zero-order chi connectivity index (χ0) is 29.1. The summed E-state index contributed by atoms with van der Waals surface area (Å²) in [5, 5.41) is 17.9. The molecule has 0 saturated carbocycles. The molecule has 9 nitrogen and oxygen atoms in total. The van der Waals surface area contributed by atoms with Crippen LogP contribution in [-0.2, 0) is 23.1 Å². The van der Waals surface area contributed by atoms with E-state index in [0.29, 0.717) is 11.6 Å². The zero-order valence-corrected chi connectivity index (χ0v) is 20.6. The maximum Gasteiger partial charge on any atom is 0.426 e. The smallest absolute Gasteiger partial charge is 0.426 e. The molecule has 4 bridgehead atoms. The molecule has 3 aromatic rings. The monoisotopic (exact) mass is 572 g/mol. The molecule has 0 spiro atoms. The summed E-state index contributed by atoms with van der Waals surface area (Å²) in [4.78, 5) is 27.7. The van der Waals surface area contributed by atoms with Crippen LogP contribution < -0.4 is 5.32 Å². The molecule has 2 N–H and O–H groups in total. The fraction of sp³-hybridized carbons (Fsp3) is 0.400. The number of carbonyl (C=O) groups is 2. The van der Waals surface area contributed by atoms with E-state index in [1.54, 1.807) is 35.6 Å². The molecule has 0 radical (unpaired) electrons. The molecule has 1 atom stereocenters. The predicted molar refractivity (Wildman–Crippen MR) is 125 cm³/mol. The largest absolute Gasteiger partial charge is 0.465 e. The van der Waals surface area contributed by atoms with Crippen molar-refractivity contribution in [3.05, 3.63) is 59.1 Å². The molecular formula is C25H22F6N4O5. The van der Waals surface area contributed by atoms with Crippen molar-refractivity contribution in [3.63, 3.8) is 0 Å². The van der Waals surface area contributed by atoms with Crippen molar-refractivity contribution in [1.82, 2.24) is 15.2 Å². The lowest BCUT2D eigenvalue weighted by Gasteiger charge is -2.32. The summed E-state index contributed by atoms with van der Waals surface area (Å²) >= 11 is 0. The first-order valence-corrected chi connectivity index (χ1v) is 12.1. The molecule has 1 unspecified atom stereocenters. The van der Waals surface area contributed by atoms with Gasteiger partial charge in [-0.1, -0.05) is 43.2 Å². The summed E-state index contributed by atoms with van der Waals surface area (Å²) in [6.07, 6.45) is -12.5. The maximum absolute atomic E-state index is 14.7. The zero-order valence-electron chi connectivity index (χ0n) is 20.6. The first-order chi connectivity index (χ1) is 18.8. The molecular weight excluding hydrogens is 550 g/mol. The molecule has 1 aromatic carbocycles. The summed E-state index contributed by atoms with van der Waals surface area (Å²) in [5.74, 6) is -2.86. The fourth-order valence-electron chi connectivity index (χ4n) is 4.30. The normalized spacial score (nSPS) is 18.7. The third-order valence-electron chi connectivity index (χ3n) is 6.28. The lowest BCUT2D eigenvalue weighted by molar-refractivity contribution is -0.300. The van der Waals surface area contributed by atoms with Gasteiger partial charge in [0, 0.05) is 6.42 Å². The third-order valence-corrected chi connectivity index (χ3v) is 6.28. The standard InChI is InChI=1S/C25H22F6N4O5/c26-24(27,28)15-12-16(32-22(37)38)19-20-34-35-21(40-20)23(25(29,30)31,39-13-14-8-4-3-5-9-14)11-7-2-1-6-10-17(36)18(15)33-19/h3-5,8-9,12,32H,1-2,6-7,10-11,13H2,(H,37,38). The van der Waals surface area contributed by atoms with Crippen molar-refractivity contribution in [2.45, 2.75) is 63.1 Å². The molecule has 15 heteroatoms. The first kappa shape index (κ1) is 29.0. The minimum Gasteiger partial charge on any atom is -0.465 e. The summed E-state index contributed by atoms with van der Waals surface area (Å²) in [7, 11) is 0. The van der Waals surface area contributed by atoms with E-state index in [2.05, 4.69) is 15.2 Å². The number of ketones is 1. The SMILES string of the molecule is O=C(O)Nc1cc(C(F)(F)F)c2nc1-c1nnc(o1)C(OCc1ccccc1)(C(F)(F)F)CCCCCCC2=O. The number of hydrogen-bond donors (Lipinski definition) is 2. The number of hydrogen-bond acceptors (Lipinski definition) is 7. The number of pyridine rings is 1. The Hall–Kier alpha value is -4.01. The molecule has 4 rings (SSSR count). The summed E-state index contributed by atoms with van der Waals surface area (Å²) in [6, 6.07) is 8.34. The number of halogens is 6. The number of nitrogens with zero attached hydrogens (tertiary/aromatic N) is 3. The minimum absolute atomic E-state index is 0.0522. The van der Waals surface area contributed by atoms with Crippen molar-refractivity contribution in [3.8, 4) is 11.6 Å². The van der Waals surface area contributed by atoms with E-state index in [-0.39, 0.29) is 32.1 Å². The highest BCUT2D eigenvalue weighted by Crippen LogP contribution is 2.47. The number of fused-ring (bicyclic) bond motifs is 5. The molecule has 40 heavy (non-hydrogen) atoms. The van der Waals surface area contributed by atoms with Crippen LogP contribution in [0.3, 0.4) is 0 Å². The molecule has 1 aliphatic rings. The molecule has 3 heterocycles. The summed E-state index contributed by atoms with van der Waals surface area (Å²) in [6.45, 7) is -0.485. The predicted octanol–water partition coefficient (Wildman–Crippen LogP) is 6.75. The van der Waals surface area contributed by atoms with E-state index < -0.39 is 77.3 Å². The Bertz CT molecular complexity index is 1380. The Morgan fingerprint density at radius 2 is 1.73 bits per heavy atom. The van der Waals surface area contributed by atoms with Gasteiger partial charge in [-0.15, -0.1) is 10.2 Å². The van der Waals surface area contributed by atoms with Crippen LogP contribution in [0.4, 0.5) is 36.8 Å². The van der Waals surface area contributed by atoms with Crippen LogP contribution in [0.25, 0.3) is 11.6 Å². The van der Waals surface area contributed by atoms with Gasteiger partial charge in [-0.3, -0.25) is 10.1 Å². The molecule has 1 aliphatic heterocycles. The van der Waals surface area contributed by atoms with E-state index in [0.717, 1.165) is 0 Å². The number of alkyl halides is 6. The highest BCUT2D eigenvalue weighted by molar-refractivity contribution is 5.98. The van der Waals surface area contributed by atoms with E-state index in [4.69, 9.17) is 14.3 Å². The quantitative estimate of drug-likeness (QED) is 0.329. The van der Waals surface area contributed by atoms with Crippen LogP contribution >= 0.6 is 0 Å². The van der Waals surface area contributed by atoms with E-state index >= 15 is 0 Å². The highest BCUT2D eigenvalue weighted by Gasteiger charge is 2.61. The number of rotatable bonds is 4. The van der Waals surface area contributed by atoms with Gasteiger partial charge in [-0.2, -0.15) is 26.3 Å². The van der Waals surface area contributed by atoms with Gasteiger partial charge < -0.3 is 14.3 Å². The van der Waals surface area contributed by atoms with Crippen LogP contribution in [0, 0.1) is 0 Å². The Labute approximate surface area is 222 Å². The van der Waals surface area contributed by atoms with Crippen LogP contribution in [0.15, 0.2) is 40.8 Å². The lowest BCUT2D eigenvalue weighted by atomic mass is 9.93. The molecule has 0 aliphatic carbocycles. The Balaban J connectivity index is 1.90. The van der Waals surface area contributed by atoms with E-state index in [1.165, 1.54) is 0 Å². The van der Waals surface area contributed by atoms with Crippen molar-refractivity contribution in [2.24, 2.45) is 0 Å². The topological polar surface area (TPSA) is 127 Å². The summed E-state index contributed by atoms with van der Waals surface area (Å²) < 4.78 is 96.4. The van der Waals surface area contributed by atoms with Crippen LogP contribution in [-0.4, -0.2) is 38.3 Å². The van der Waals surface area contributed by atoms with Gasteiger partial charge in [-0.05, 0) is 30.9 Å². The molecule has 2 aromatic heterocycles. The number of anilines is 1. The number of carboxylic acid groups (broad SMARTS) is 1. The van der Waals surface area contributed by atoms with Gasteiger partial charge in [0.25, 0.3) is 11.8 Å². The molecule has 0 saturated heterocycles. The van der Waals surface area contributed by atoms with Gasteiger partial charge >= 0.3 is 18.4 Å². The molecule has 0 fully saturated rings. The second-order valence-corrected chi connectivity index (χ2v) is 9.06. The van der Waals surface area contributed by atoms with Crippen molar-refractivity contribution in [1.29, 1.82) is 0 Å². The van der Waals surface area contributed by atoms with Crippen molar-refractivity contribution >= 4 is 17.6 Å². The molecule has 214 valence electrons. The number of aromatic nitrogens is 3.